The predicted molar refractivity (Wildman–Crippen MR) is 50.5 cm³/mol. The molecule has 1 atom stereocenters. The summed E-state index contributed by atoms with van der Waals surface area (Å²) < 4.78 is 5.38. The minimum absolute atomic E-state index is 0.113. The van der Waals surface area contributed by atoms with Crippen LogP contribution in [-0.4, -0.2) is 46.6 Å². The molecule has 0 aromatic heterocycles. The van der Waals surface area contributed by atoms with Gasteiger partial charge in [0.05, 0.1) is 25.0 Å². The van der Waals surface area contributed by atoms with E-state index < -0.39 is 6.10 Å². The van der Waals surface area contributed by atoms with Crippen LogP contribution in [0.3, 0.4) is 0 Å². The van der Waals surface area contributed by atoms with E-state index in [9.17, 15) is 0 Å². The lowest BCUT2D eigenvalue weighted by atomic mass is 9.96. The molecule has 0 amide bonds. The van der Waals surface area contributed by atoms with E-state index in [-0.39, 0.29) is 19.3 Å². The van der Waals surface area contributed by atoms with Crippen molar-refractivity contribution in [2.75, 3.05) is 13.2 Å². The average Bonchev–Trinajstić information content (AvgIpc) is 2.26. The van der Waals surface area contributed by atoms with Crippen molar-refractivity contribution in [3.05, 3.63) is 0 Å². The SMILES string of the molecule is OCC(O)COC1CCC(=NO)CC1. The molecule has 3 N–H and O–H groups in total. The lowest BCUT2D eigenvalue weighted by Gasteiger charge is -2.23. The zero-order valence-electron chi connectivity index (χ0n) is 8.09. The van der Waals surface area contributed by atoms with Gasteiger partial charge in [0.1, 0.15) is 6.10 Å². The Bertz CT molecular complexity index is 185. The van der Waals surface area contributed by atoms with Crippen LogP contribution in [0.2, 0.25) is 0 Å². The van der Waals surface area contributed by atoms with Crippen LogP contribution in [0.5, 0.6) is 0 Å². The Morgan fingerprint density at radius 2 is 2.07 bits per heavy atom. The van der Waals surface area contributed by atoms with Crippen LogP contribution in [0.25, 0.3) is 0 Å². The number of hydrogen-bond donors (Lipinski definition) is 3. The highest BCUT2D eigenvalue weighted by Crippen LogP contribution is 2.18. The quantitative estimate of drug-likeness (QED) is 0.448. The van der Waals surface area contributed by atoms with Crippen LogP contribution < -0.4 is 0 Å². The van der Waals surface area contributed by atoms with Gasteiger partial charge < -0.3 is 20.2 Å². The lowest BCUT2D eigenvalue weighted by Crippen LogP contribution is -2.27. The standard InChI is InChI=1S/C9H17NO4/c11-5-8(12)6-14-9-3-1-7(10-13)2-4-9/h8-9,11-13H,1-6H2. The summed E-state index contributed by atoms with van der Waals surface area (Å²) in [5.74, 6) is 0. The highest BCUT2D eigenvalue weighted by molar-refractivity contribution is 5.84. The van der Waals surface area contributed by atoms with E-state index in [1.54, 1.807) is 0 Å². The molecule has 1 aliphatic carbocycles. The third-order valence-electron chi connectivity index (χ3n) is 2.39. The average molecular weight is 203 g/mol. The number of ether oxygens (including phenoxy) is 1. The Morgan fingerprint density at radius 3 is 2.57 bits per heavy atom. The molecule has 0 radical (unpaired) electrons. The molecule has 1 unspecified atom stereocenters. The first-order valence-electron chi connectivity index (χ1n) is 4.86. The molecule has 1 rings (SSSR count). The van der Waals surface area contributed by atoms with Crippen molar-refractivity contribution in [1.82, 2.24) is 0 Å². The Balaban J connectivity index is 2.16. The van der Waals surface area contributed by atoms with Gasteiger partial charge in [-0.25, -0.2) is 0 Å². The van der Waals surface area contributed by atoms with E-state index in [2.05, 4.69) is 5.16 Å². The lowest BCUT2D eigenvalue weighted by molar-refractivity contribution is -0.0343. The summed E-state index contributed by atoms with van der Waals surface area (Å²) in [6.45, 7) is -0.0944. The van der Waals surface area contributed by atoms with Crippen molar-refractivity contribution in [2.24, 2.45) is 5.16 Å². The Kier molecular flexibility index (Phi) is 4.86. The van der Waals surface area contributed by atoms with E-state index in [1.807, 2.05) is 0 Å². The maximum Gasteiger partial charge on any atom is 0.100 e. The number of aliphatic hydroxyl groups is 2. The summed E-state index contributed by atoms with van der Waals surface area (Å²) in [6.07, 6.45) is 2.45. The molecular formula is C9H17NO4. The van der Waals surface area contributed by atoms with Gasteiger partial charge in [-0.15, -0.1) is 0 Å². The molecule has 0 aromatic carbocycles. The van der Waals surface area contributed by atoms with Gasteiger partial charge in [-0.1, -0.05) is 5.16 Å². The number of hydrogen-bond acceptors (Lipinski definition) is 5. The second-order valence-electron chi connectivity index (χ2n) is 3.54. The Hall–Kier alpha value is -0.650. The van der Waals surface area contributed by atoms with Crippen molar-refractivity contribution in [1.29, 1.82) is 0 Å². The van der Waals surface area contributed by atoms with Crippen molar-refractivity contribution in [3.63, 3.8) is 0 Å². The largest absolute Gasteiger partial charge is 0.411 e. The zero-order chi connectivity index (χ0) is 10.4. The first kappa shape index (κ1) is 11.4. The first-order chi connectivity index (χ1) is 6.76. The molecule has 0 aromatic rings. The topological polar surface area (TPSA) is 82.3 Å². The molecule has 1 fully saturated rings. The fourth-order valence-electron chi connectivity index (χ4n) is 1.49. The minimum atomic E-state index is -0.789. The molecule has 0 heterocycles. The molecule has 14 heavy (non-hydrogen) atoms. The molecule has 5 heteroatoms. The van der Waals surface area contributed by atoms with Crippen LogP contribution in [0.4, 0.5) is 0 Å². The second-order valence-corrected chi connectivity index (χ2v) is 3.54. The smallest absolute Gasteiger partial charge is 0.100 e. The van der Waals surface area contributed by atoms with Crippen LogP contribution in [0.1, 0.15) is 25.7 Å². The fraction of sp³-hybridized carbons (Fsp3) is 0.889. The van der Waals surface area contributed by atoms with E-state index in [0.717, 1.165) is 31.4 Å². The van der Waals surface area contributed by atoms with Gasteiger partial charge in [0.2, 0.25) is 0 Å². The summed E-state index contributed by atoms with van der Waals surface area (Å²) in [5, 5.41) is 29.3. The molecule has 82 valence electrons. The maximum atomic E-state index is 9.05. The monoisotopic (exact) mass is 203 g/mol. The van der Waals surface area contributed by atoms with Crippen molar-refractivity contribution in [3.8, 4) is 0 Å². The highest BCUT2D eigenvalue weighted by Gasteiger charge is 2.19. The zero-order valence-corrected chi connectivity index (χ0v) is 8.09. The summed E-state index contributed by atoms with van der Waals surface area (Å²) in [7, 11) is 0. The van der Waals surface area contributed by atoms with Gasteiger partial charge in [-0.2, -0.15) is 0 Å². The van der Waals surface area contributed by atoms with Crippen molar-refractivity contribution < 1.29 is 20.2 Å². The van der Waals surface area contributed by atoms with Gasteiger partial charge in [-0.05, 0) is 25.7 Å². The van der Waals surface area contributed by atoms with Gasteiger partial charge >= 0.3 is 0 Å². The Morgan fingerprint density at radius 1 is 1.43 bits per heavy atom. The van der Waals surface area contributed by atoms with E-state index in [1.165, 1.54) is 0 Å². The van der Waals surface area contributed by atoms with Gasteiger partial charge in [0.25, 0.3) is 0 Å². The van der Waals surface area contributed by atoms with E-state index in [4.69, 9.17) is 20.2 Å². The summed E-state index contributed by atoms with van der Waals surface area (Å²) in [4.78, 5) is 0. The molecule has 0 bridgehead atoms. The van der Waals surface area contributed by atoms with Gasteiger partial charge in [-0.3, -0.25) is 0 Å². The molecule has 0 aliphatic heterocycles. The summed E-state index contributed by atoms with van der Waals surface area (Å²) in [6, 6.07) is 0. The molecule has 1 saturated carbocycles. The Labute approximate surface area is 83.0 Å². The maximum absolute atomic E-state index is 9.05. The number of aliphatic hydroxyl groups excluding tert-OH is 2. The summed E-state index contributed by atoms with van der Waals surface area (Å²) >= 11 is 0. The number of nitrogens with zero attached hydrogens (tertiary/aromatic N) is 1. The van der Waals surface area contributed by atoms with E-state index in [0.29, 0.717) is 0 Å². The van der Waals surface area contributed by atoms with Crippen LogP contribution in [-0.2, 0) is 4.74 Å². The molecule has 5 nitrogen and oxygen atoms in total. The minimum Gasteiger partial charge on any atom is -0.411 e. The van der Waals surface area contributed by atoms with Crippen LogP contribution in [0.15, 0.2) is 5.16 Å². The highest BCUT2D eigenvalue weighted by atomic mass is 16.5. The number of oxime groups is 1. The fourth-order valence-corrected chi connectivity index (χ4v) is 1.49. The molecular weight excluding hydrogens is 186 g/mol. The van der Waals surface area contributed by atoms with Gasteiger partial charge in [0, 0.05) is 0 Å². The van der Waals surface area contributed by atoms with Crippen LogP contribution >= 0.6 is 0 Å². The summed E-state index contributed by atoms with van der Waals surface area (Å²) in [5.41, 5.74) is 0.813. The van der Waals surface area contributed by atoms with Gasteiger partial charge in [0.15, 0.2) is 0 Å². The molecule has 0 spiro atoms. The molecule has 1 aliphatic rings. The number of rotatable bonds is 4. The van der Waals surface area contributed by atoms with Crippen LogP contribution in [0, 0.1) is 0 Å². The van der Waals surface area contributed by atoms with E-state index >= 15 is 0 Å². The van der Waals surface area contributed by atoms with Crippen molar-refractivity contribution in [2.45, 2.75) is 37.9 Å². The third kappa shape index (κ3) is 3.61. The normalized spacial score (nSPS) is 24.7. The van der Waals surface area contributed by atoms with Crippen molar-refractivity contribution >= 4 is 5.71 Å². The first-order valence-corrected chi connectivity index (χ1v) is 4.86. The predicted octanol–water partition coefficient (Wildman–Crippen LogP) is 0.129. The molecule has 0 saturated heterocycles. The second kappa shape index (κ2) is 5.95. The third-order valence-corrected chi connectivity index (χ3v) is 2.39.